The van der Waals surface area contributed by atoms with Gasteiger partial charge in [-0.3, -0.25) is 9.59 Å². The molecule has 0 aliphatic carbocycles. The van der Waals surface area contributed by atoms with Crippen LogP contribution in [0, 0.1) is 0 Å². The first kappa shape index (κ1) is 24.0. The number of aliphatic hydroxyl groups is 1. The second-order valence-electron chi connectivity index (χ2n) is 8.02. The van der Waals surface area contributed by atoms with Gasteiger partial charge in [-0.15, -0.1) is 0 Å². The molecule has 0 radical (unpaired) electrons. The number of carbonyl (C=O) groups is 2. The molecule has 3 unspecified atom stereocenters. The van der Waals surface area contributed by atoms with Crippen molar-refractivity contribution < 1.29 is 34.0 Å². The summed E-state index contributed by atoms with van der Waals surface area (Å²) in [5, 5.41) is 19.5. The summed E-state index contributed by atoms with van der Waals surface area (Å²) in [6.45, 7) is 5.06. The van der Waals surface area contributed by atoms with Gasteiger partial charge < -0.3 is 24.4 Å². The number of hydrogen-bond acceptors (Lipinski definition) is 7. The van der Waals surface area contributed by atoms with Crippen LogP contribution in [0.2, 0.25) is 0 Å². The molecule has 30 heavy (non-hydrogen) atoms. The predicted molar refractivity (Wildman–Crippen MR) is 112 cm³/mol. The summed E-state index contributed by atoms with van der Waals surface area (Å²) in [5.74, 6) is -0.0401. The van der Waals surface area contributed by atoms with Crippen LogP contribution in [-0.2, 0) is 31.9 Å². The molecule has 0 fully saturated rings. The molecule has 2 N–H and O–H groups in total. The number of aliphatic hydroxyl groups excluding tert-OH is 1. The third-order valence-corrected chi connectivity index (χ3v) is 5.23. The molecule has 3 atom stereocenters. The zero-order valence-corrected chi connectivity index (χ0v) is 18.2. The number of carbonyl (C=O) groups excluding carboxylic acids is 2. The minimum Gasteiger partial charge on any atom is -0.504 e. The molecule has 1 aromatic carbocycles. The zero-order chi connectivity index (χ0) is 22.1. The quantitative estimate of drug-likeness (QED) is 0.527. The van der Waals surface area contributed by atoms with E-state index in [1.165, 1.54) is 13.8 Å². The number of fused-ring (bicyclic) bond motifs is 1. The van der Waals surface area contributed by atoms with Gasteiger partial charge in [0.1, 0.15) is 12.2 Å². The van der Waals surface area contributed by atoms with Crippen LogP contribution in [0.1, 0.15) is 70.4 Å². The molecule has 0 amide bonds. The van der Waals surface area contributed by atoms with E-state index < -0.39 is 12.2 Å². The maximum Gasteiger partial charge on any atom is 0.302 e. The van der Waals surface area contributed by atoms with Crippen LogP contribution in [0.15, 0.2) is 12.1 Å². The number of aryl methyl sites for hydroxylation is 1. The maximum atomic E-state index is 11.6. The largest absolute Gasteiger partial charge is 0.504 e. The van der Waals surface area contributed by atoms with E-state index in [4.69, 9.17) is 14.2 Å². The predicted octanol–water partition coefficient (Wildman–Crippen LogP) is 3.45. The van der Waals surface area contributed by atoms with Gasteiger partial charge >= 0.3 is 11.9 Å². The maximum absolute atomic E-state index is 11.6. The normalized spacial score (nSPS) is 16.0. The van der Waals surface area contributed by atoms with Crippen molar-refractivity contribution in [3.63, 3.8) is 0 Å². The van der Waals surface area contributed by atoms with Gasteiger partial charge in [-0.1, -0.05) is 6.07 Å². The Morgan fingerprint density at radius 1 is 1.10 bits per heavy atom. The summed E-state index contributed by atoms with van der Waals surface area (Å²) in [7, 11) is 0. The molecule has 0 bridgehead atoms. The first-order valence-corrected chi connectivity index (χ1v) is 10.7. The minimum atomic E-state index is -0.407. The Hall–Kier alpha value is -2.28. The number of aromatic hydroxyl groups is 1. The van der Waals surface area contributed by atoms with Gasteiger partial charge in [-0.05, 0) is 63.5 Å². The fraction of sp³-hybridized carbons (Fsp3) is 0.652. The number of phenols is 1. The van der Waals surface area contributed by atoms with Crippen LogP contribution in [0.25, 0.3) is 0 Å². The highest BCUT2D eigenvalue weighted by molar-refractivity contribution is 5.66. The van der Waals surface area contributed by atoms with Gasteiger partial charge in [0, 0.05) is 25.8 Å². The summed E-state index contributed by atoms with van der Waals surface area (Å²) >= 11 is 0. The minimum absolute atomic E-state index is 0.151. The lowest BCUT2D eigenvalue weighted by molar-refractivity contribution is -0.153. The first-order valence-electron chi connectivity index (χ1n) is 10.7. The molecular weight excluding hydrogens is 388 g/mol. The van der Waals surface area contributed by atoms with Gasteiger partial charge in [-0.2, -0.15) is 0 Å². The molecule has 0 aromatic heterocycles. The number of rotatable bonds is 11. The van der Waals surface area contributed by atoms with Crippen LogP contribution < -0.4 is 4.74 Å². The number of benzene rings is 1. The fourth-order valence-electron chi connectivity index (χ4n) is 3.92. The molecule has 1 aromatic rings. The van der Waals surface area contributed by atoms with Crippen molar-refractivity contribution in [1.82, 2.24) is 0 Å². The standard InChI is InChI=1S/C23H34O7/c1-15(24)6-4-7-19(29-16(2)25)14-20(30-17(3)26)11-9-18-10-12-22(27)23-21(18)8-5-13-28-23/h10,12,15,19-20,24,27H,4-9,11,13-14H2,1-3H3. The summed E-state index contributed by atoms with van der Waals surface area (Å²) < 4.78 is 16.6. The SMILES string of the molecule is CC(=O)OC(CCCC(C)O)CC(CCc1ccc(O)c2c1CCCO2)OC(C)=O. The molecule has 0 spiro atoms. The lowest BCUT2D eigenvalue weighted by Crippen LogP contribution is -2.27. The molecule has 2 rings (SSSR count). The van der Waals surface area contributed by atoms with Crippen LogP contribution in [-0.4, -0.2) is 47.1 Å². The average molecular weight is 423 g/mol. The van der Waals surface area contributed by atoms with E-state index in [0.29, 0.717) is 50.9 Å². The highest BCUT2D eigenvalue weighted by Gasteiger charge is 2.23. The van der Waals surface area contributed by atoms with E-state index in [-0.39, 0.29) is 23.8 Å². The number of ether oxygens (including phenoxy) is 3. The van der Waals surface area contributed by atoms with Crippen molar-refractivity contribution in [2.75, 3.05) is 6.61 Å². The van der Waals surface area contributed by atoms with E-state index in [0.717, 1.165) is 24.0 Å². The van der Waals surface area contributed by atoms with Gasteiger partial charge in [0.25, 0.3) is 0 Å². The Morgan fingerprint density at radius 3 is 2.40 bits per heavy atom. The highest BCUT2D eigenvalue weighted by atomic mass is 16.6. The fourth-order valence-corrected chi connectivity index (χ4v) is 3.92. The molecular formula is C23H34O7. The lowest BCUT2D eigenvalue weighted by atomic mass is 9.93. The Morgan fingerprint density at radius 2 is 1.77 bits per heavy atom. The van der Waals surface area contributed by atoms with E-state index in [1.807, 2.05) is 6.07 Å². The summed E-state index contributed by atoms with van der Waals surface area (Å²) in [5.41, 5.74) is 2.08. The van der Waals surface area contributed by atoms with Crippen molar-refractivity contribution in [3.8, 4) is 11.5 Å². The van der Waals surface area contributed by atoms with Crippen molar-refractivity contribution in [2.45, 2.75) is 90.4 Å². The van der Waals surface area contributed by atoms with Crippen molar-refractivity contribution >= 4 is 11.9 Å². The summed E-state index contributed by atoms with van der Waals surface area (Å²) in [6, 6.07) is 3.53. The van der Waals surface area contributed by atoms with Crippen LogP contribution in [0.4, 0.5) is 0 Å². The second kappa shape index (κ2) is 11.8. The molecule has 7 nitrogen and oxygen atoms in total. The Labute approximate surface area is 178 Å². The van der Waals surface area contributed by atoms with Gasteiger partial charge in [-0.25, -0.2) is 0 Å². The van der Waals surface area contributed by atoms with E-state index in [1.54, 1.807) is 13.0 Å². The van der Waals surface area contributed by atoms with Crippen LogP contribution >= 0.6 is 0 Å². The molecule has 7 heteroatoms. The molecule has 168 valence electrons. The third kappa shape index (κ3) is 7.86. The smallest absolute Gasteiger partial charge is 0.302 e. The Balaban J connectivity index is 2.05. The van der Waals surface area contributed by atoms with Crippen LogP contribution in [0.5, 0.6) is 11.5 Å². The molecule has 1 aliphatic heterocycles. The summed E-state index contributed by atoms with van der Waals surface area (Å²) in [6.07, 6.45) is 4.14. The van der Waals surface area contributed by atoms with Crippen molar-refractivity contribution in [3.05, 3.63) is 23.3 Å². The monoisotopic (exact) mass is 422 g/mol. The van der Waals surface area contributed by atoms with Gasteiger partial charge in [0.15, 0.2) is 11.5 Å². The molecule has 0 saturated carbocycles. The van der Waals surface area contributed by atoms with Crippen molar-refractivity contribution in [2.24, 2.45) is 0 Å². The lowest BCUT2D eigenvalue weighted by Gasteiger charge is -2.25. The Kier molecular flexibility index (Phi) is 9.43. The third-order valence-electron chi connectivity index (χ3n) is 5.23. The van der Waals surface area contributed by atoms with Gasteiger partial charge in [0.2, 0.25) is 0 Å². The van der Waals surface area contributed by atoms with E-state index in [9.17, 15) is 19.8 Å². The highest BCUT2D eigenvalue weighted by Crippen LogP contribution is 2.37. The Bertz CT molecular complexity index is 714. The second-order valence-corrected chi connectivity index (χ2v) is 8.02. The van der Waals surface area contributed by atoms with E-state index >= 15 is 0 Å². The average Bonchev–Trinajstić information content (AvgIpc) is 2.66. The number of esters is 2. The number of phenolic OH excluding ortho intramolecular Hbond substituents is 1. The number of hydrogen-bond donors (Lipinski definition) is 2. The van der Waals surface area contributed by atoms with Crippen molar-refractivity contribution in [1.29, 1.82) is 0 Å². The zero-order valence-electron chi connectivity index (χ0n) is 18.2. The van der Waals surface area contributed by atoms with E-state index in [2.05, 4.69) is 0 Å². The van der Waals surface area contributed by atoms with Crippen LogP contribution in [0.3, 0.4) is 0 Å². The summed E-state index contributed by atoms with van der Waals surface area (Å²) in [4.78, 5) is 23.1. The first-order chi connectivity index (χ1) is 14.3. The topological polar surface area (TPSA) is 102 Å². The molecule has 0 saturated heterocycles. The molecule has 1 heterocycles. The molecule has 1 aliphatic rings. The van der Waals surface area contributed by atoms with Gasteiger partial charge in [0.05, 0.1) is 12.7 Å².